The molecule has 4 nitrogen and oxygen atoms in total. The molecule has 1 aromatic carbocycles. The van der Waals surface area contributed by atoms with Crippen molar-refractivity contribution in [2.75, 3.05) is 39.4 Å². The van der Waals surface area contributed by atoms with E-state index in [1.807, 2.05) is 6.92 Å². The molecule has 0 spiro atoms. The van der Waals surface area contributed by atoms with Gasteiger partial charge in [-0.2, -0.15) is 0 Å². The standard InChI is InChI=1S/C20H32N2O2/c1-20(23,16-22-11-13-24-14-12-22)15-21-19-9-7-18(8-10-19)17-5-3-2-4-6-17/h2-6,18-19,21,23H,7-16H2,1H3. The van der Waals surface area contributed by atoms with E-state index in [2.05, 4.69) is 40.5 Å². The Kier molecular flexibility index (Phi) is 6.28. The van der Waals surface area contributed by atoms with Crippen molar-refractivity contribution in [3.63, 3.8) is 0 Å². The number of rotatable bonds is 6. The average molecular weight is 332 g/mol. The van der Waals surface area contributed by atoms with Crippen LogP contribution < -0.4 is 5.32 Å². The molecule has 1 aliphatic heterocycles. The molecule has 1 aromatic rings. The van der Waals surface area contributed by atoms with Gasteiger partial charge in [-0.1, -0.05) is 30.3 Å². The van der Waals surface area contributed by atoms with E-state index in [4.69, 9.17) is 4.74 Å². The summed E-state index contributed by atoms with van der Waals surface area (Å²) in [4.78, 5) is 2.30. The van der Waals surface area contributed by atoms with Crippen molar-refractivity contribution >= 4 is 0 Å². The largest absolute Gasteiger partial charge is 0.388 e. The van der Waals surface area contributed by atoms with Gasteiger partial charge in [-0.25, -0.2) is 0 Å². The van der Waals surface area contributed by atoms with Crippen molar-refractivity contribution in [1.82, 2.24) is 10.2 Å². The van der Waals surface area contributed by atoms with Crippen LogP contribution in [0.4, 0.5) is 0 Å². The number of hydrogen-bond acceptors (Lipinski definition) is 4. The molecule has 1 saturated carbocycles. The molecular formula is C20H32N2O2. The molecule has 0 radical (unpaired) electrons. The topological polar surface area (TPSA) is 44.7 Å². The van der Waals surface area contributed by atoms with Crippen LogP contribution in [0, 0.1) is 0 Å². The number of ether oxygens (including phenoxy) is 1. The minimum atomic E-state index is -0.673. The lowest BCUT2D eigenvalue weighted by Gasteiger charge is -2.36. The Labute approximate surface area is 146 Å². The van der Waals surface area contributed by atoms with Gasteiger partial charge in [0.25, 0.3) is 0 Å². The highest BCUT2D eigenvalue weighted by molar-refractivity contribution is 5.20. The second-order valence-electron chi connectivity index (χ2n) is 7.73. The fourth-order valence-corrected chi connectivity index (χ4v) is 4.02. The maximum absolute atomic E-state index is 10.7. The Morgan fingerprint density at radius 3 is 2.46 bits per heavy atom. The Morgan fingerprint density at radius 2 is 1.79 bits per heavy atom. The van der Waals surface area contributed by atoms with Gasteiger partial charge >= 0.3 is 0 Å². The van der Waals surface area contributed by atoms with Crippen LogP contribution in [0.5, 0.6) is 0 Å². The van der Waals surface area contributed by atoms with Gasteiger partial charge in [-0.15, -0.1) is 0 Å². The molecule has 2 fully saturated rings. The number of nitrogens with one attached hydrogen (secondary N) is 1. The van der Waals surface area contributed by atoms with E-state index in [1.54, 1.807) is 0 Å². The summed E-state index contributed by atoms with van der Waals surface area (Å²) >= 11 is 0. The smallest absolute Gasteiger partial charge is 0.0869 e. The van der Waals surface area contributed by atoms with Gasteiger partial charge in [-0.05, 0) is 44.1 Å². The number of morpholine rings is 1. The minimum absolute atomic E-state index is 0.543. The van der Waals surface area contributed by atoms with E-state index in [-0.39, 0.29) is 0 Å². The van der Waals surface area contributed by atoms with Gasteiger partial charge in [0, 0.05) is 32.2 Å². The lowest BCUT2D eigenvalue weighted by atomic mass is 9.81. The van der Waals surface area contributed by atoms with Crippen LogP contribution in [0.25, 0.3) is 0 Å². The molecule has 1 atom stereocenters. The van der Waals surface area contributed by atoms with Gasteiger partial charge in [0.2, 0.25) is 0 Å². The predicted molar refractivity (Wildman–Crippen MR) is 97.3 cm³/mol. The van der Waals surface area contributed by atoms with Gasteiger partial charge in [0.15, 0.2) is 0 Å². The van der Waals surface area contributed by atoms with E-state index >= 15 is 0 Å². The normalized spacial score (nSPS) is 28.4. The van der Waals surface area contributed by atoms with Crippen LogP contribution in [0.1, 0.15) is 44.1 Å². The first-order valence-electron chi connectivity index (χ1n) is 9.43. The molecule has 0 bridgehead atoms. The predicted octanol–water partition coefficient (Wildman–Crippen LogP) is 2.39. The quantitative estimate of drug-likeness (QED) is 0.840. The number of aliphatic hydroxyl groups is 1. The molecule has 1 unspecified atom stereocenters. The van der Waals surface area contributed by atoms with Crippen LogP contribution in [-0.4, -0.2) is 61.0 Å². The lowest BCUT2D eigenvalue weighted by molar-refractivity contribution is -0.0233. The zero-order valence-corrected chi connectivity index (χ0v) is 14.9. The summed E-state index contributed by atoms with van der Waals surface area (Å²) in [6.45, 7) is 6.77. The third-order valence-electron chi connectivity index (χ3n) is 5.44. The maximum Gasteiger partial charge on any atom is 0.0869 e. The number of β-amino-alcohol motifs (C(OH)–C–C–N with tert-alkyl or cyclic N) is 1. The van der Waals surface area contributed by atoms with E-state index in [1.165, 1.54) is 31.2 Å². The van der Waals surface area contributed by atoms with Gasteiger partial charge < -0.3 is 15.2 Å². The van der Waals surface area contributed by atoms with Crippen molar-refractivity contribution in [1.29, 1.82) is 0 Å². The van der Waals surface area contributed by atoms with E-state index < -0.39 is 5.60 Å². The molecule has 2 aliphatic rings. The van der Waals surface area contributed by atoms with Crippen LogP contribution in [0.2, 0.25) is 0 Å². The average Bonchev–Trinajstić information content (AvgIpc) is 2.62. The molecule has 0 amide bonds. The highest BCUT2D eigenvalue weighted by Gasteiger charge is 2.28. The monoisotopic (exact) mass is 332 g/mol. The summed E-state index contributed by atoms with van der Waals surface area (Å²) < 4.78 is 5.38. The lowest BCUT2D eigenvalue weighted by Crippen LogP contribution is -2.52. The fourth-order valence-electron chi connectivity index (χ4n) is 4.02. The highest BCUT2D eigenvalue weighted by Crippen LogP contribution is 2.32. The van der Waals surface area contributed by atoms with E-state index in [9.17, 15) is 5.11 Å². The summed E-state index contributed by atoms with van der Waals surface area (Å²) in [5.41, 5.74) is 0.809. The van der Waals surface area contributed by atoms with Crippen molar-refractivity contribution in [3.8, 4) is 0 Å². The molecule has 4 heteroatoms. The third-order valence-corrected chi connectivity index (χ3v) is 5.44. The molecule has 2 N–H and O–H groups in total. The molecule has 24 heavy (non-hydrogen) atoms. The van der Waals surface area contributed by atoms with Gasteiger partial charge in [0.1, 0.15) is 0 Å². The van der Waals surface area contributed by atoms with Crippen LogP contribution in [0.3, 0.4) is 0 Å². The zero-order chi connectivity index (χ0) is 16.8. The van der Waals surface area contributed by atoms with Crippen molar-refractivity contribution in [2.24, 2.45) is 0 Å². The Bertz CT molecular complexity index is 478. The SMILES string of the molecule is CC(O)(CNC1CCC(c2ccccc2)CC1)CN1CCOCC1. The Hall–Kier alpha value is -0.940. The van der Waals surface area contributed by atoms with E-state index in [0.717, 1.165) is 32.8 Å². The Morgan fingerprint density at radius 1 is 1.12 bits per heavy atom. The minimum Gasteiger partial charge on any atom is -0.388 e. The molecule has 3 rings (SSSR count). The van der Waals surface area contributed by atoms with Gasteiger partial charge in [-0.3, -0.25) is 4.90 Å². The second-order valence-corrected chi connectivity index (χ2v) is 7.73. The fraction of sp³-hybridized carbons (Fsp3) is 0.700. The van der Waals surface area contributed by atoms with Crippen LogP contribution >= 0.6 is 0 Å². The molecule has 1 heterocycles. The highest BCUT2D eigenvalue weighted by atomic mass is 16.5. The van der Waals surface area contributed by atoms with Crippen molar-refractivity contribution < 1.29 is 9.84 Å². The number of hydrogen-bond donors (Lipinski definition) is 2. The van der Waals surface area contributed by atoms with Crippen LogP contribution in [-0.2, 0) is 4.74 Å². The van der Waals surface area contributed by atoms with Crippen LogP contribution in [0.15, 0.2) is 30.3 Å². The first kappa shape index (κ1) is 17.9. The zero-order valence-electron chi connectivity index (χ0n) is 14.9. The second kappa shape index (κ2) is 8.43. The van der Waals surface area contributed by atoms with Crippen molar-refractivity contribution in [2.45, 2.75) is 50.2 Å². The number of benzene rings is 1. The summed E-state index contributed by atoms with van der Waals surface area (Å²) in [6.07, 6.45) is 4.89. The summed E-state index contributed by atoms with van der Waals surface area (Å²) in [6, 6.07) is 11.4. The van der Waals surface area contributed by atoms with Crippen molar-refractivity contribution in [3.05, 3.63) is 35.9 Å². The van der Waals surface area contributed by atoms with E-state index in [0.29, 0.717) is 18.5 Å². The third kappa shape index (κ3) is 5.28. The first-order valence-corrected chi connectivity index (χ1v) is 9.43. The maximum atomic E-state index is 10.7. The summed E-state index contributed by atoms with van der Waals surface area (Å²) in [5, 5.41) is 14.3. The molecule has 1 aliphatic carbocycles. The summed E-state index contributed by atoms with van der Waals surface area (Å²) in [5.74, 6) is 0.707. The van der Waals surface area contributed by atoms with Gasteiger partial charge in [0.05, 0.1) is 18.8 Å². The summed E-state index contributed by atoms with van der Waals surface area (Å²) in [7, 11) is 0. The first-order chi connectivity index (χ1) is 11.6. The molecule has 134 valence electrons. The Balaban J connectivity index is 1.39. The molecule has 0 aromatic heterocycles. The number of nitrogens with zero attached hydrogens (tertiary/aromatic N) is 1. The molecule has 1 saturated heterocycles. The molecular weight excluding hydrogens is 300 g/mol.